The van der Waals surface area contributed by atoms with Crippen LogP contribution in [0, 0.1) is 0 Å². The second-order valence-corrected chi connectivity index (χ2v) is 22.3. The Balaban J connectivity index is 0.000000167. The molecule has 4 nitrogen and oxygen atoms in total. The molecule has 0 aromatic rings. The second-order valence-electron chi connectivity index (χ2n) is 18.2. The molecule has 8 fully saturated rings. The molecule has 8 aliphatic rings. The summed E-state index contributed by atoms with van der Waals surface area (Å²) in [6, 6.07) is 5.47. The quantitative estimate of drug-likeness (QED) is 0.131. The third-order valence-electron chi connectivity index (χ3n) is 14.6. The third kappa shape index (κ3) is 15.8. The van der Waals surface area contributed by atoms with Gasteiger partial charge >= 0.3 is 23.9 Å². The SMILES string of the molecule is S=C([S-])N(C1CCCC1)C1CCCC1.S=C([S-])N(C1CCCC1)C1CCCC1.S=C([S-])N(C1CCCC1)C1CCCC1.S=C([S-])N(C1CCCC1)C1CCCC1.[Sn+4]. The average Bonchev–Trinajstić information content (AvgIpc) is 4.00. The molecule has 0 aromatic carbocycles. The maximum Gasteiger partial charge on any atom is 4.00 e. The summed E-state index contributed by atoms with van der Waals surface area (Å²) >= 11 is 41.8. The Hall–Kier alpha value is 1.24. The summed E-state index contributed by atoms with van der Waals surface area (Å²) in [5, 5.41) is 0. The van der Waals surface area contributed by atoms with Crippen LogP contribution in [0.25, 0.3) is 0 Å². The van der Waals surface area contributed by atoms with Gasteiger partial charge in [-0.05, 0) is 103 Å². The first-order valence-electron chi connectivity index (χ1n) is 23.1. The fourth-order valence-electron chi connectivity index (χ4n) is 11.8. The molecule has 13 heteroatoms. The summed E-state index contributed by atoms with van der Waals surface area (Å²) in [6.45, 7) is 0. The predicted molar refractivity (Wildman–Crippen MR) is 271 cm³/mol. The molecule has 0 saturated heterocycles. The van der Waals surface area contributed by atoms with E-state index in [1.165, 1.54) is 205 Å². The molecule has 0 amide bonds. The van der Waals surface area contributed by atoms with Crippen LogP contribution < -0.4 is 0 Å². The average molecular weight is 1030 g/mol. The number of hydrogen-bond acceptors (Lipinski definition) is 8. The largest absolute Gasteiger partial charge is 4.00 e. The molecule has 0 radical (unpaired) electrons. The molecule has 0 heterocycles. The van der Waals surface area contributed by atoms with Gasteiger partial charge in [0.1, 0.15) is 0 Å². The second kappa shape index (κ2) is 27.4. The Bertz CT molecular complexity index is 949. The van der Waals surface area contributed by atoms with E-state index in [-0.39, 0.29) is 23.9 Å². The first-order valence-corrected chi connectivity index (χ1v) is 26.4. The standard InChI is InChI=1S/4C11H19NS2.Sn/c4*13-11(14)12(9-5-1-2-6-9)10-7-3-4-8-10;/h4*9-10H,1-8H2,(H,13,14);/q;;;;+4/p-4. The molecule has 320 valence electrons. The van der Waals surface area contributed by atoms with Gasteiger partial charge in [-0.2, -0.15) is 0 Å². The smallest absolute Gasteiger partial charge is 0.411 e. The fraction of sp³-hybridized carbons (Fsp3) is 0.909. The fourth-order valence-corrected chi connectivity index (χ4v) is 14.2. The minimum absolute atomic E-state index is 0. The zero-order valence-corrected chi connectivity index (χ0v) is 44.2. The molecule has 0 aromatic heterocycles. The van der Waals surface area contributed by atoms with Crippen molar-refractivity contribution in [3.8, 4) is 0 Å². The van der Waals surface area contributed by atoms with E-state index >= 15 is 0 Å². The molecule has 0 N–H and O–H groups in total. The van der Waals surface area contributed by atoms with E-state index in [0.717, 1.165) is 17.3 Å². The minimum Gasteiger partial charge on any atom is -0.411 e. The van der Waals surface area contributed by atoms with Crippen LogP contribution in [-0.4, -0.2) is 109 Å². The monoisotopic (exact) mass is 1030 g/mol. The minimum atomic E-state index is 0. The topological polar surface area (TPSA) is 13.0 Å². The van der Waals surface area contributed by atoms with Crippen LogP contribution in [0.1, 0.15) is 205 Å². The Kier molecular flexibility index (Phi) is 24.5. The molecule has 0 atom stereocenters. The van der Waals surface area contributed by atoms with E-state index in [9.17, 15) is 0 Å². The maximum absolute atomic E-state index is 5.23. The van der Waals surface area contributed by atoms with Gasteiger partial charge in [-0.3, -0.25) is 0 Å². The number of rotatable bonds is 8. The van der Waals surface area contributed by atoms with Crippen molar-refractivity contribution in [2.24, 2.45) is 0 Å². The summed E-state index contributed by atoms with van der Waals surface area (Å²) < 4.78 is 2.90. The van der Waals surface area contributed by atoms with Gasteiger partial charge in [-0.1, -0.05) is 120 Å². The Labute approximate surface area is 410 Å². The van der Waals surface area contributed by atoms with Gasteiger partial charge in [0.05, 0.1) is 0 Å². The van der Waals surface area contributed by atoms with Crippen LogP contribution in [0.3, 0.4) is 0 Å². The molecule has 8 rings (SSSR count). The van der Waals surface area contributed by atoms with Gasteiger partial charge in [0.25, 0.3) is 0 Å². The molecule has 0 aliphatic heterocycles. The Morgan fingerprint density at radius 3 is 0.404 bits per heavy atom. The van der Waals surface area contributed by atoms with Crippen LogP contribution >= 0.6 is 48.9 Å². The van der Waals surface area contributed by atoms with Crippen molar-refractivity contribution < 1.29 is 0 Å². The van der Waals surface area contributed by atoms with Crippen molar-refractivity contribution in [2.45, 2.75) is 254 Å². The van der Waals surface area contributed by atoms with Crippen molar-refractivity contribution in [1.82, 2.24) is 19.6 Å². The number of hydrogen-bond donors (Lipinski definition) is 0. The molecule has 8 saturated carbocycles. The van der Waals surface area contributed by atoms with Crippen LogP contribution in [0.4, 0.5) is 0 Å². The summed E-state index contributed by atoms with van der Waals surface area (Å²) in [5.41, 5.74) is 0. The van der Waals surface area contributed by atoms with Crippen molar-refractivity contribution in [2.75, 3.05) is 0 Å². The molecule has 0 spiro atoms. The van der Waals surface area contributed by atoms with Crippen molar-refractivity contribution in [3.05, 3.63) is 0 Å². The molecular formula is C44H72N4S8Sn. The molecule has 0 bridgehead atoms. The normalized spacial score (nSPS) is 23.9. The molecule has 8 aliphatic carbocycles. The van der Waals surface area contributed by atoms with Crippen molar-refractivity contribution in [1.29, 1.82) is 0 Å². The van der Waals surface area contributed by atoms with E-state index in [2.05, 4.69) is 19.6 Å². The zero-order valence-electron chi connectivity index (χ0n) is 34.8. The molecular weight excluding hydrogens is 960 g/mol. The van der Waals surface area contributed by atoms with E-state index < -0.39 is 0 Å². The molecule has 0 unspecified atom stereocenters. The van der Waals surface area contributed by atoms with Gasteiger partial charge in [0.15, 0.2) is 0 Å². The van der Waals surface area contributed by atoms with Gasteiger partial charge in [0.2, 0.25) is 0 Å². The summed E-state index contributed by atoms with van der Waals surface area (Å²) in [6.07, 6.45) is 42.9. The van der Waals surface area contributed by atoms with Gasteiger partial charge in [-0.25, -0.2) is 0 Å². The van der Waals surface area contributed by atoms with E-state index in [1.807, 2.05) is 0 Å². The van der Waals surface area contributed by atoms with Gasteiger partial charge in [0, 0.05) is 48.3 Å². The van der Waals surface area contributed by atoms with Crippen LogP contribution in [0.2, 0.25) is 0 Å². The Morgan fingerprint density at radius 1 is 0.246 bits per heavy atom. The summed E-state index contributed by atoms with van der Waals surface area (Å²) in [7, 11) is 0. The zero-order chi connectivity index (χ0) is 39.9. The van der Waals surface area contributed by atoms with E-state index in [4.69, 9.17) is 99.4 Å². The first kappa shape index (κ1) is 50.9. The third-order valence-corrected chi connectivity index (χ3v) is 16.3. The van der Waals surface area contributed by atoms with Gasteiger partial charge in [-0.15, -0.1) is 0 Å². The summed E-state index contributed by atoms with van der Waals surface area (Å²) in [4.78, 5) is 9.57. The van der Waals surface area contributed by atoms with E-state index in [0.29, 0.717) is 48.3 Å². The van der Waals surface area contributed by atoms with Crippen LogP contribution in [0.15, 0.2) is 0 Å². The predicted octanol–water partition coefficient (Wildman–Crippen LogP) is 11.6. The van der Waals surface area contributed by atoms with Crippen LogP contribution in [0.5, 0.6) is 0 Å². The number of thiocarbonyl (C=S) groups is 4. The Morgan fingerprint density at radius 2 is 0.333 bits per heavy atom. The first-order chi connectivity index (χ1) is 27.2. The van der Waals surface area contributed by atoms with Crippen LogP contribution in [-0.2, 0) is 50.5 Å². The summed E-state index contributed by atoms with van der Waals surface area (Å²) in [5.74, 6) is 0. The maximum atomic E-state index is 5.23. The van der Waals surface area contributed by atoms with E-state index in [1.54, 1.807) is 0 Å². The van der Waals surface area contributed by atoms with Crippen molar-refractivity contribution in [3.63, 3.8) is 0 Å². The van der Waals surface area contributed by atoms with Crippen molar-refractivity contribution >= 4 is 141 Å². The molecule has 57 heavy (non-hydrogen) atoms. The van der Waals surface area contributed by atoms with Gasteiger partial charge < -0.3 is 119 Å². The number of nitrogens with zero attached hydrogens (tertiary/aromatic N) is 4.